The van der Waals surface area contributed by atoms with Gasteiger partial charge in [0.1, 0.15) is 5.75 Å². The molecule has 0 unspecified atom stereocenters. The maximum atomic E-state index is 12.8. The molecular weight excluding hydrogens is 539 g/mol. The Bertz CT molecular complexity index is 1210. The molecule has 2 N–H and O–H groups in total. The van der Waals surface area contributed by atoms with Crippen molar-refractivity contribution in [2.75, 3.05) is 17.7 Å². The van der Waals surface area contributed by atoms with Crippen molar-refractivity contribution in [3.8, 4) is 5.75 Å². The van der Waals surface area contributed by atoms with Gasteiger partial charge in [0, 0.05) is 17.3 Å². The highest BCUT2D eigenvalue weighted by atomic mass is 32.2. The molecular formula is C32H43N3O3S2. The van der Waals surface area contributed by atoms with Crippen LogP contribution in [0.1, 0.15) is 101 Å². The van der Waals surface area contributed by atoms with Gasteiger partial charge in [-0.2, -0.15) is 0 Å². The van der Waals surface area contributed by atoms with E-state index < -0.39 is 0 Å². The van der Waals surface area contributed by atoms with E-state index in [0.29, 0.717) is 24.0 Å². The zero-order valence-electron chi connectivity index (χ0n) is 23.7. The molecule has 216 valence electrons. The standard InChI is InChI=1S/C32H43N3O3S2/c1-2-3-4-5-6-7-8-12-21-38-27-18-15-24(16-19-27)31(37)34-26-17-20-28-29(22-26)40-32(35-28)39-23-30(36)33-25-13-10-9-11-14-25/h15-20,22,25H,2-14,21,23H2,1H3,(H,33,36)(H,34,37). The molecule has 1 fully saturated rings. The minimum absolute atomic E-state index is 0.0775. The summed E-state index contributed by atoms with van der Waals surface area (Å²) >= 11 is 3.01. The van der Waals surface area contributed by atoms with E-state index in [2.05, 4.69) is 22.5 Å². The van der Waals surface area contributed by atoms with Crippen molar-refractivity contribution in [3.63, 3.8) is 0 Å². The molecule has 0 radical (unpaired) electrons. The largest absolute Gasteiger partial charge is 0.494 e. The van der Waals surface area contributed by atoms with E-state index >= 15 is 0 Å². The highest BCUT2D eigenvalue weighted by molar-refractivity contribution is 8.01. The number of anilines is 1. The summed E-state index contributed by atoms with van der Waals surface area (Å²) in [6, 6.07) is 13.4. The number of hydrogen-bond donors (Lipinski definition) is 2. The van der Waals surface area contributed by atoms with Crippen molar-refractivity contribution in [3.05, 3.63) is 48.0 Å². The molecule has 2 amide bonds. The zero-order valence-corrected chi connectivity index (χ0v) is 25.3. The second-order valence-corrected chi connectivity index (χ2v) is 12.9. The number of unbranched alkanes of at least 4 members (excludes halogenated alkanes) is 7. The molecule has 1 aromatic heterocycles. The summed E-state index contributed by atoms with van der Waals surface area (Å²) in [6.45, 7) is 2.96. The maximum absolute atomic E-state index is 12.8. The Balaban J connectivity index is 1.18. The van der Waals surface area contributed by atoms with Crippen LogP contribution in [0.4, 0.5) is 5.69 Å². The van der Waals surface area contributed by atoms with Gasteiger partial charge in [0.15, 0.2) is 4.34 Å². The molecule has 4 rings (SSSR count). The predicted octanol–water partition coefficient (Wildman–Crippen LogP) is 8.61. The summed E-state index contributed by atoms with van der Waals surface area (Å²) in [7, 11) is 0. The number of rotatable bonds is 16. The molecule has 1 heterocycles. The van der Waals surface area contributed by atoms with Crippen LogP contribution in [0.2, 0.25) is 0 Å². The fraction of sp³-hybridized carbons (Fsp3) is 0.531. The van der Waals surface area contributed by atoms with Crippen LogP contribution in [0.3, 0.4) is 0 Å². The molecule has 0 spiro atoms. The summed E-state index contributed by atoms with van der Waals surface area (Å²) in [5.41, 5.74) is 2.18. The number of thiazole rings is 1. The molecule has 3 aromatic rings. The molecule has 0 atom stereocenters. The lowest BCUT2D eigenvalue weighted by Crippen LogP contribution is -2.37. The van der Waals surface area contributed by atoms with E-state index in [0.717, 1.165) is 45.3 Å². The predicted molar refractivity (Wildman–Crippen MR) is 168 cm³/mol. The van der Waals surface area contributed by atoms with Crippen molar-refractivity contribution < 1.29 is 14.3 Å². The van der Waals surface area contributed by atoms with E-state index in [1.54, 1.807) is 23.5 Å². The molecule has 2 aromatic carbocycles. The van der Waals surface area contributed by atoms with Crippen LogP contribution in [0.15, 0.2) is 46.8 Å². The third-order valence-corrected chi connectivity index (χ3v) is 9.47. The van der Waals surface area contributed by atoms with Gasteiger partial charge in [0.05, 0.1) is 22.6 Å². The van der Waals surface area contributed by atoms with Gasteiger partial charge in [-0.25, -0.2) is 4.98 Å². The highest BCUT2D eigenvalue weighted by Crippen LogP contribution is 2.31. The normalized spacial score (nSPS) is 13.8. The Morgan fingerprint density at radius 2 is 1.68 bits per heavy atom. The van der Waals surface area contributed by atoms with Gasteiger partial charge >= 0.3 is 0 Å². The minimum atomic E-state index is -0.160. The van der Waals surface area contributed by atoms with Crippen molar-refractivity contribution in [1.29, 1.82) is 0 Å². The lowest BCUT2D eigenvalue weighted by molar-refractivity contribution is -0.119. The number of benzene rings is 2. The van der Waals surface area contributed by atoms with E-state index in [1.165, 1.54) is 76.0 Å². The van der Waals surface area contributed by atoms with Gasteiger partial charge in [0.2, 0.25) is 5.91 Å². The summed E-state index contributed by atoms with van der Waals surface area (Å²) in [5.74, 6) is 1.09. The Morgan fingerprint density at radius 3 is 2.42 bits per heavy atom. The van der Waals surface area contributed by atoms with E-state index in [9.17, 15) is 9.59 Å². The number of nitrogens with one attached hydrogen (secondary N) is 2. The van der Waals surface area contributed by atoms with Gasteiger partial charge in [-0.15, -0.1) is 11.3 Å². The number of nitrogens with zero attached hydrogens (tertiary/aromatic N) is 1. The highest BCUT2D eigenvalue weighted by Gasteiger charge is 2.16. The Labute approximate surface area is 247 Å². The molecule has 1 saturated carbocycles. The Hall–Kier alpha value is -2.58. The molecule has 0 saturated heterocycles. The number of hydrogen-bond acceptors (Lipinski definition) is 6. The first-order chi connectivity index (χ1) is 19.6. The number of carbonyl (C=O) groups is 2. The average Bonchev–Trinajstić information content (AvgIpc) is 3.38. The van der Waals surface area contributed by atoms with Gasteiger partial charge in [-0.3, -0.25) is 9.59 Å². The van der Waals surface area contributed by atoms with Crippen LogP contribution < -0.4 is 15.4 Å². The monoisotopic (exact) mass is 581 g/mol. The molecule has 8 heteroatoms. The summed E-state index contributed by atoms with van der Waals surface area (Å²) < 4.78 is 7.71. The molecule has 0 aliphatic heterocycles. The summed E-state index contributed by atoms with van der Waals surface area (Å²) in [4.78, 5) is 29.8. The Kier molecular flexibility index (Phi) is 12.6. The van der Waals surface area contributed by atoms with Crippen LogP contribution in [-0.2, 0) is 4.79 Å². The number of amides is 2. The second kappa shape index (κ2) is 16.6. The van der Waals surface area contributed by atoms with Crippen LogP contribution in [0, 0.1) is 0 Å². The second-order valence-electron chi connectivity index (χ2n) is 10.7. The third kappa shape index (κ3) is 10.1. The van der Waals surface area contributed by atoms with Crippen molar-refractivity contribution >= 4 is 50.8 Å². The number of aromatic nitrogens is 1. The van der Waals surface area contributed by atoms with Gasteiger partial charge in [-0.05, 0) is 61.7 Å². The average molecular weight is 582 g/mol. The number of fused-ring (bicyclic) bond motifs is 1. The topological polar surface area (TPSA) is 80.3 Å². The fourth-order valence-electron chi connectivity index (χ4n) is 5.02. The Morgan fingerprint density at radius 1 is 0.950 bits per heavy atom. The molecule has 40 heavy (non-hydrogen) atoms. The third-order valence-electron chi connectivity index (χ3n) is 7.31. The fourth-order valence-corrected chi connectivity index (χ4v) is 6.94. The van der Waals surface area contributed by atoms with Crippen LogP contribution >= 0.6 is 23.1 Å². The van der Waals surface area contributed by atoms with Crippen LogP contribution in [0.5, 0.6) is 5.75 Å². The number of thioether (sulfide) groups is 1. The van der Waals surface area contributed by atoms with Crippen LogP contribution in [0.25, 0.3) is 10.2 Å². The lowest BCUT2D eigenvalue weighted by Gasteiger charge is -2.22. The van der Waals surface area contributed by atoms with Crippen molar-refractivity contribution in [2.45, 2.75) is 101 Å². The van der Waals surface area contributed by atoms with Gasteiger partial charge in [0.25, 0.3) is 5.91 Å². The first kappa shape index (κ1) is 30.4. The summed E-state index contributed by atoms with van der Waals surface area (Å²) in [6.07, 6.45) is 16.0. The first-order valence-corrected chi connectivity index (χ1v) is 16.8. The summed E-state index contributed by atoms with van der Waals surface area (Å²) in [5, 5.41) is 6.15. The molecule has 6 nitrogen and oxygen atoms in total. The van der Waals surface area contributed by atoms with E-state index in [4.69, 9.17) is 4.74 Å². The number of ether oxygens (including phenoxy) is 1. The number of carbonyl (C=O) groups excluding carboxylic acids is 2. The smallest absolute Gasteiger partial charge is 0.255 e. The van der Waals surface area contributed by atoms with Gasteiger partial charge < -0.3 is 15.4 Å². The zero-order chi connectivity index (χ0) is 28.0. The van der Waals surface area contributed by atoms with Crippen molar-refractivity contribution in [2.24, 2.45) is 0 Å². The quantitative estimate of drug-likeness (QED) is 0.131. The maximum Gasteiger partial charge on any atom is 0.255 e. The molecule has 1 aliphatic carbocycles. The minimum Gasteiger partial charge on any atom is -0.494 e. The van der Waals surface area contributed by atoms with Gasteiger partial charge in [-0.1, -0.05) is 82.9 Å². The van der Waals surface area contributed by atoms with E-state index in [-0.39, 0.29) is 11.8 Å². The lowest BCUT2D eigenvalue weighted by atomic mass is 9.95. The van der Waals surface area contributed by atoms with Crippen molar-refractivity contribution in [1.82, 2.24) is 10.3 Å². The van der Waals surface area contributed by atoms with Crippen LogP contribution in [-0.4, -0.2) is 35.2 Å². The molecule has 0 bridgehead atoms. The SMILES string of the molecule is CCCCCCCCCCOc1ccc(C(=O)Nc2ccc3nc(SCC(=O)NC4CCCCC4)sc3c2)cc1. The van der Waals surface area contributed by atoms with E-state index in [1.807, 2.05) is 30.3 Å². The molecule has 1 aliphatic rings. The first-order valence-electron chi connectivity index (χ1n) is 15.0.